The molecule has 0 aliphatic carbocycles. The lowest BCUT2D eigenvalue weighted by atomic mass is 9.83. The Hall–Kier alpha value is -3.08. The molecule has 11 heteroatoms. The number of hydrogen-bond acceptors (Lipinski definition) is 4. The Balaban J connectivity index is 1.94. The number of amides is 1. The highest BCUT2D eigenvalue weighted by Gasteiger charge is 2.43. The van der Waals surface area contributed by atoms with E-state index in [2.05, 4.69) is 4.98 Å². The number of fused-ring (bicyclic) bond motifs is 3. The van der Waals surface area contributed by atoms with Crippen molar-refractivity contribution in [3.8, 4) is 0 Å². The van der Waals surface area contributed by atoms with Gasteiger partial charge in [-0.1, -0.05) is 0 Å². The Morgan fingerprint density at radius 1 is 1.12 bits per heavy atom. The van der Waals surface area contributed by atoms with E-state index < -0.39 is 50.9 Å². The lowest BCUT2D eigenvalue weighted by molar-refractivity contribution is 0.0482. The summed E-state index contributed by atoms with van der Waals surface area (Å²) in [5.74, 6) is -3.93. The second-order valence-electron chi connectivity index (χ2n) is 9.55. The summed E-state index contributed by atoms with van der Waals surface area (Å²) in [7, 11) is -3.51. The van der Waals surface area contributed by atoms with Gasteiger partial charge in [0.1, 0.15) is 11.6 Å². The molecule has 1 aliphatic heterocycles. The highest BCUT2D eigenvalue weighted by molar-refractivity contribution is 7.90. The van der Waals surface area contributed by atoms with Gasteiger partial charge in [0.2, 0.25) is 0 Å². The van der Waals surface area contributed by atoms with E-state index >= 15 is 0 Å². The van der Waals surface area contributed by atoms with Crippen LogP contribution in [0.4, 0.5) is 18.0 Å². The molecule has 1 aliphatic rings. The number of aromatic nitrogens is 2. The average Bonchev–Trinajstić information content (AvgIpc) is 3.05. The number of benzene rings is 2. The van der Waals surface area contributed by atoms with Gasteiger partial charge in [-0.25, -0.2) is 31.4 Å². The molecule has 182 valence electrons. The van der Waals surface area contributed by atoms with E-state index in [0.29, 0.717) is 22.9 Å². The van der Waals surface area contributed by atoms with Crippen molar-refractivity contribution in [2.45, 2.75) is 56.1 Å². The Bertz CT molecular complexity index is 1410. The van der Waals surface area contributed by atoms with E-state index in [0.717, 1.165) is 12.3 Å². The minimum Gasteiger partial charge on any atom is -0.465 e. The monoisotopic (exact) mass is 495 g/mol. The summed E-state index contributed by atoms with van der Waals surface area (Å²) >= 11 is 0. The first-order valence-electron chi connectivity index (χ1n) is 10.5. The van der Waals surface area contributed by atoms with Gasteiger partial charge in [0.15, 0.2) is 21.5 Å². The third-order valence-corrected chi connectivity index (χ3v) is 7.27. The minimum atomic E-state index is -3.51. The quantitative estimate of drug-likeness (QED) is 0.546. The zero-order valence-corrected chi connectivity index (χ0v) is 19.8. The van der Waals surface area contributed by atoms with E-state index in [1.54, 1.807) is 31.4 Å². The van der Waals surface area contributed by atoms with Gasteiger partial charge in [-0.15, -0.1) is 0 Å². The van der Waals surface area contributed by atoms with Gasteiger partial charge in [-0.2, -0.15) is 0 Å². The maximum absolute atomic E-state index is 14.8. The highest BCUT2D eigenvalue weighted by Crippen LogP contribution is 2.39. The molecule has 3 aromatic rings. The fourth-order valence-corrected chi connectivity index (χ4v) is 5.36. The van der Waals surface area contributed by atoms with Crippen LogP contribution in [0.5, 0.6) is 0 Å². The molecule has 0 radical (unpaired) electrons. The summed E-state index contributed by atoms with van der Waals surface area (Å²) in [6, 6.07) is 4.81. The van der Waals surface area contributed by atoms with Crippen LogP contribution in [0.1, 0.15) is 38.1 Å². The predicted molar refractivity (Wildman–Crippen MR) is 119 cm³/mol. The minimum absolute atomic E-state index is 0.0196. The van der Waals surface area contributed by atoms with Crippen molar-refractivity contribution in [3.05, 3.63) is 59.2 Å². The van der Waals surface area contributed by atoms with Crippen molar-refractivity contribution < 1.29 is 31.5 Å². The molecule has 0 unspecified atom stereocenters. The van der Waals surface area contributed by atoms with E-state index in [4.69, 9.17) is 0 Å². The van der Waals surface area contributed by atoms with Crippen LogP contribution in [0.2, 0.25) is 0 Å². The predicted octanol–water partition coefficient (Wildman–Crippen LogP) is 4.34. The fourth-order valence-electron chi connectivity index (χ4n) is 4.72. The number of imidazole rings is 1. The number of carbonyl (C=O) groups is 1. The molecular weight excluding hydrogens is 471 g/mol. The first kappa shape index (κ1) is 24.1. The molecule has 2 aromatic carbocycles. The van der Waals surface area contributed by atoms with Gasteiger partial charge >= 0.3 is 6.09 Å². The summed E-state index contributed by atoms with van der Waals surface area (Å²) in [5, 5.41) is 10.1. The maximum atomic E-state index is 14.8. The van der Waals surface area contributed by atoms with Crippen LogP contribution < -0.4 is 0 Å². The van der Waals surface area contributed by atoms with Gasteiger partial charge < -0.3 is 9.67 Å². The summed E-state index contributed by atoms with van der Waals surface area (Å²) in [4.78, 5) is 18.1. The van der Waals surface area contributed by atoms with E-state index in [9.17, 15) is 31.5 Å². The molecule has 0 saturated heterocycles. The number of hydrogen-bond donors (Lipinski definition) is 1. The normalized spacial score (nSPS) is 18.7. The SMILES string of the molecule is CC(C)(C)N(C(=O)O)[C@H]1Cn2c(nc3ccc(S(C)(=O)=O)cc32)C[C@@H]1c1cc(F)c(F)cc1F. The lowest BCUT2D eigenvalue weighted by Crippen LogP contribution is -2.56. The van der Waals surface area contributed by atoms with E-state index in [1.165, 1.54) is 17.0 Å². The third-order valence-electron chi connectivity index (χ3n) is 6.16. The number of sulfone groups is 1. The van der Waals surface area contributed by atoms with Gasteiger partial charge in [0.25, 0.3) is 0 Å². The van der Waals surface area contributed by atoms with Crippen LogP contribution in [0, 0.1) is 17.5 Å². The van der Waals surface area contributed by atoms with Crippen LogP contribution in [-0.4, -0.2) is 51.9 Å². The number of halogens is 3. The van der Waals surface area contributed by atoms with Crippen molar-refractivity contribution in [2.24, 2.45) is 0 Å². The Kier molecular flexibility index (Phi) is 5.66. The molecule has 34 heavy (non-hydrogen) atoms. The van der Waals surface area contributed by atoms with Crippen molar-refractivity contribution in [3.63, 3.8) is 0 Å². The number of carboxylic acid groups (broad SMARTS) is 1. The molecule has 1 amide bonds. The van der Waals surface area contributed by atoms with Crippen molar-refractivity contribution in [1.29, 1.82) is 0 Å². The second-order valence-corrected chi connectivity index (χ2v) is 11.6. The topological polar surface area (TPSA) is 92.5 Å². The first-order valence-corrected chi connectivity index (χ1v) is 12.4. The van der Waals surface area contributed by atoms with E-state index in [-0.39, 0.29) is 23.4 Å². The van der Waals surface area contributed by atoms with E-state index in [1.807, 2.05) is 0 Å². The summed E-state index contributed by atoms with van der Waals surface area (Å²) < 4.78 is 68.4. The molecule has 0 saturated carbocycles. The van der Waals surface area contributed by atoms with Crippen molar-refractivity contribution in [2.75, 3.05) is 6.26 Å². The molecule has 0 spiro atoms. The standard InChI is InChI=1S/C23H24F3N3O4S/c1-23(2,3)29(22(30)31)20-11-28-19-7-12(34(4,32)33)5-6-18(19)27-21(28)9-14(20)13-8-16(25)17(26)10-15(13)24/h5-8,10,14,20H,9,11H2,1-4H3,(H,30,31)/t14-,20+/m1/s1. The molecule has 7 nitrogen and oxygen atoms in total. The lowest BCUT2D eigenvalue weighted by Gasteiger charge is -2.45. The summed E-state index contributed by atoms with van der Waals surface area (Å²) in [6.45, 7) is 5.07. The van der Waals surface area contributed by atoms with Crippen LogP contribution >= 0.6 is 0 Å². The average molecular weight is 496 g/mol. The fraction of sp³-hybridized carbons (Fsp3) is 0.391. The Labute approximate surface area is 194 Å². The number of nitrogens with zero attached hydrogens (tertiary/aromatic N) is 3. The summed E-state index contributed by atoms with van der Waals surface area (Å²) in [5.41, 5.74) is -0.0681. The second kappa shape index (κ2) is 8.00. The van der Waals surface area contributed by atoms with Gasteiger partial charge in [-0.05, 0) is 50.6 Å². The molecule has 0 fully saturated rings. The molecule has 1 N–H and O–H groups in total. The highest BCUT2D eigenvalue weighted by atomic mass is 32.2. The maximum Gasteiger partial charge on any atom is 0.408 e. The van der Waals surface area contributed by atoms with Gasteiger partial charge in [0.05, 0.1) is 22.0 Å². The third kappa shape index (κ3) is 4.13. The molecule has 0 bridgehead atoms. The van der Waals surface area contributed by atoms with Crippen LogP contribution in [-0.2, 0) is 22.8 Å². The van der Waals surface area contributed by atoms with Crippen molar-refractivity contribution in [1.82, 2.24) is 14.5 Å². The Morgan fingerprint density at radius 2 is 1.76 bits per heavy atom. The smallest absolute Gasteiger partial charge is 0.408 e. The van der Waals surface area contributed by atoms with Crippen molar-refractivity contribution >= 4 is 27.0 Å². The largest absolute Gasteiger partial charge is 0.465 e. The first-order chi connectivity index (χ1) is 15.7. The molecule has 1 aromatic heterocycles. The Morgan fingerprint density at radius 3 is 2.35 bits per heavy atom. The molecule has 2 heterocycles. The zero-order valence-electron chi connectivity index (χ0n) is 19.0. The van der Waals surface area contributed by atoms with Crippen LogP contribution in [0.25, 0.3) is 11.0 Å². The van der Waals surface area contributed by atoms with Gasteiger partial charge in [0, 0.05) is 36.7 Å². The van der Waals surface area contributed by atoms with Crippen LogP contribution in [0.15, 0.2) is 35.2 Å². The molecule has 2 atom stereocenters. The number of rotatable bonds is 3. The molecule has 4 rings (SSSR count). The van der Waals surface area contributed by atoms with Crippen LogP contribution in [0.3, 0.4) is 0 Å². The zero-order chi connectivity index (χ0) is 25.2. The summed E-state index contributed by atoms with van der Waals surface area (Å²) in [6.07, 6.45) is -0.136. The van der Waals surface area contributed by atoms with Gasteiger partial charge in [-0.3, -0.25) is 4.90 Å². The molecular formula is C23H24F3N3O4S.